The van der Waals surface area contributed by atoms with Gasteiger partial charge in [0.25, 0.3) is 0 Å². The van der Waals surface area contributed by atoms with Crippen molar-refractivity contribution < 1.29 is 9.59 Å². The van der Waals surface area contributed by atoms with E-state index in [1.807, 2.05) is 6.08 Å². The van der Waals surface area contributed by atoms with E-state index in [1.54, 1.807) is 0 Å². The fourth-order valence-corrected chi connectivity index (χ4v) is 4.24. The summed E-state index contributed by atoms with van der Waals surface area (Å²) >= 11 is 0. The lowest BCUT2D eigenvalue weighted by atomic mass is 9.49. The Balaban J connectivity index is 2.45. The van der Waals surface area contributed by atoms with Crippen LogP contribution in [-0.2, 0) is 9.59 Å². The Labute approximate surface area is 103 Å². The molecule has 0 heterocycles. The number of fused-ring (bicyclic) bond motifs is 1. The zero-order valence-corrected chi connectivity index (χ0v) is 11.0. The summed E-state index contributed by atoms with van der Waals surface area (Å²) in [5.74, 6) is 0.320. The summed E-state index contributed by atoms with van der Waals surface area (Å²) in [5.41, 5.74) is 0.963. The molecule has 2 nitrogen and oxygen atoms in total. The van der Waals surface area contributed by atoms with Crippen molar-refractivity contribution in [3.8, 4) is 0 Å². The van der Waals surface area contributed by atoms with Crippen LogP contribution in [-0.4, -0.2) is 12.6 Å². The maximum absolute atomic E-state index is 11.4. The van der Waals surface area contributed by atoms with E-state index in [1.165, 1.54) is 6.42 Å². The third-order valence-electron chi connectivity index (χ3n) is 5.21. The molecule has 0 aliphatic heterocycles. The molecule has 1 fully saturated rings. The van der Waals surface area contributed by atoms with Crippen LogP contribution in [0.15, 0.2) is 11.6 Å². The molecule has 0 aromatic heterocycles. The Morgan fingerprint density at radius 1 is 1.24 bits per heavy atom. The number of allylic oxidation sites excluding steroid dienone is 2. The number of hydrogen-bond donors (Lipinski definition) is 0. The number of hydrogen-bond acceptors (Lipinski definition) is 2. The van der Waals surface area contributed by atoms with Gasteiger partial charge in [0.1, 0.15) is 12.6 Å². The molecular weight excluding hydrogens is 212 g/mol. The summed E-state index contributed by atoms with van der Waals surface area (Å²) in [4.78, 5) is 22.5. The summed E-state index contributed by atoms with van der Waals surface area (Å²) < 4.78 is 0. The lowest BCUT2D eigenvalue weighted by Crippen LogP contribution is -2.49. The van der Waals surface area contributed by atoms with E-state index >= 15 is 0 Å². The second-order valence-corrected chi connectivity index (χ2v) is 6.57. The number of carbonyl (C=O) groups is 2. The van der Waals surface area contributed by atoms with Gasteiger partial charge in [0.15, 0.2) is 0 Å². The molecule has 94 valence electrons. The van der Waals surface area contributed by atoms with Gasteiger partial charge >= 0.3 is 0 Å². The van der Waals surface area contributed by atoms with E-state index in [0.29, 0.717) is 11.5 Å². The van der Waals surface area contributed by atoms with E-state index in [-0.39, 0.29) is 16.7 Å². The average Bonchev–Trinajstić information content (AvgIpc) is 2.26. The Hall–Kier alpha value is -0.920. The number of aldehydes is 2. The van der Waals surface area contributed by atoms with Crippen molar-refractivity contribution in [2.45, 2.75) is 46.5 Å². The Morgan fingerprint density at radius 2 is 1.94 bits per heavy atom. The van der Waals surface area contributed by atoms with Gasteiger partial charge in [-0.1, -0.05) is 33.3 Å². The topological polar surface area (TPSA) is 34.1 Å². The number of carbonyl (C=O) groups excluding carboxylic acids is 2. The van der Waals surface area contributed by atoms with Crippen LogP contribution < -0.4 is 0 Å². The van der Waals surface area contributed by atoms with Gasteiger partial charge < -0.3 is 4.79 Å². The predicted molar refractivity (Wildman–Crippen MR) is 67.5 cm³/mol. The molecule has 0 radical (unpaired) electrons. The zero-order valence-electron chi connectivity index (χ0n) is 11.0. The second-order valence-electron chi connectivity index (χ2n) is 6.57. The average molecular weight is 234 g/mol. The van der Waals surface area contributed by atoms with Crippen molar-refractivity contribution in [1.29, 1.82) is 0 Å². The monoisotopic (exact) mass is 234 g/mol. The molecule has 0 spiro atoms. The minimum atomic E-state index is -0.196. The van der Waals surface area contributed by atoms with Gasteiger partial charge in [-0.3, -0.25) is 4.79 Å². The van der Waals surface area contributed by atoms with E-state index in [9.17, 15) is 9.59 Å². The largest absolute Gasteiger partial charge is 0.303 e. The van der Waals surface area contributed by atoms with Crippen molar-refractivity contribution in [3.63, 3.8) is 0 Å². The molecule has 2 heteroatoms. The van der Waals surface area contributed by atoms with Crippen LogP contribution in [0.5, 0.6) is 0 Å². The van der Waals surface area contributed by atoms with Crippen molar-refractivity contribution in [2.24, 2.45) is 22.7 Å². The third kappa shape index (κ3) is 1.78. The van der Waals surface area contributed by atoms with Gasteiger partial charge in [-0.2, -0.15) is 0 Å². The highest BCUT2D eigenvalue weighted by Gasteiger charge is 2.52. The molecule has 0 saturated heterocycles. The highest BCUT2D eigenvalue weighted by molar-refractivity contribution is 5.82. The fourth-order valence-electron chi connectivity index (χ4n) is 4.24. The van der Waals surface area contributed by atoms with Gasteiger partial charge in [-0.25, -0.2) is 0 Å². The van der Waals surface area contributed by atoms with Crippen LogP contribution >= 0.6 is 0 Å². The molecule has 3 atom stereocenters. The Bertz CT molecular complexity index is 367. The molecule has 0 N–H and O–H groups in total. The minimum absolute atomic E-state index is 0.0194. The van der Waals surface area contributed by atoms with Crippen LogP contribution in [0, 0.1) is 22.7 Å². The van der Waals surface area contributed by atoms with Crippen molar-refractivity contribution in [1.82, 2.24) is 0 Å². The van der Waals surface area contributed by atoms with Gasteiger partial charge in [0.2, 0.25) is 0 Å². The lowest BCUT2D eigenvalue weighted by Gasteiger charge is -2.55. The number of rotatable bonds is 2. The summed E-state index contributed by atoms with van der Waals surface area (Å²) in [5, 5.41) is 0. The van der Waals surface area contributed by atoms with Gasteiger partial charge in [0.05, 0.1) is 0 Å². The lowest BCUT2D eigenvalue weighted by molar-refractivity contribution is -0.122. The van der Waals surface area contributed by atoms with Crippen LogP contribution in [0.3, 0.4) is 0 Å². The summed E-state index contributed by atoms with van der Waals surface area (Å²) in [6, 6.07) is 0. The molecule has 2 aliphatic carbocycles. The van der Waals surface area contributed by atoms with Gasteiger partial charge in [-0.15, -0.1) is 0 Å². The van der Waals surface area contributed by atoms with Gasteiger partial charge in [0, 0.05) is 5.92 Å². The smallest absolute Gasteiger partial charge is 0.146 e. The second kappa shape index (κ2) is 4.08. The summed E-state index contributed by atoms with van der Waals surface area (Å²) in [6.45, 7) is 6.81. The first-order chi connectivity index (χ1) is 7.95. The van der Waals surface area contributed by atoms with E-state index < -0.39 is 0 Å². The van der Waals surface area contributed by atoms with Crippen molar-refractivity contribution in [3.05, 3.63) is 11.6 Å². The van der Waals surface area contributed by atoms with E-state index in [2.05, 4.69) is 20.8 Å². The molecule has 0 unspecified atom stereocenters. The van der Waals surface area contributed by atoms with Crippen LogP contribution in [0.25, 0.3) is 0 Å². The van der Waals surface area contributed by atoms with E-state index in [4.69, 9.17) is 0 Å². The molecular formula is C15H22O2. The first-order valence-corrected chi connectivity index (χ1v) is 6.56. The molecule has 0 aromatic carbocycles. The Morgan fingerprint density at radius 3 is 2.53 bits per heavy atom. The first kappa shape index (κ1) is 12.5. The van der Waals surface area contributed by atoms with Crippen molar-refractivity contribution >= 4 is 12.6 Å². The third-order valence-corrected chi connectivity index (χ3v) is 5.21. The highest BCUT2D eigenvalue weighted by Crippen LogP contribution is 2.58. The van der Waals surface area contributed by atoms with Crippen molar-refractivity contribution in [2.75, 3.05) is 0 Å². The molecule has 17 heavy (non-hydrogen) atoms. The van der Waals surface area contributed by atoms with Gasteiger partial charge in [-0.05, 0) is 41.6 Å². The first-order valence-electron chi connectivity index (χ1n) is 6.56. The normalized spacial score (nSPS) is 40.1. The Kier molecular flexibility index (Phi) is 3.01. The zero-order chi connectivity index (χ0) is 12.7. The van der Waals surface area contributed by atoms with E-state index in [0.717, 1.165) is 31.8 Å². The fraction of sp³-hybridized carbons (Fsp3) is 0.733. The maximum atomic E-state index is 11.4. The van der Waals surface area contributed by atoms with Crippen LogP contribution in [0.4, 0.5) is 0 Å². The highest BCUT2D eigenvalue weighted by atomic mass is 16.1. The SMILES string of the molecule is CC1(C)CCC[C@@]2(C)[C@@H]1CC=C(C=O)[C@@H]2C=O. The molecule has 2 rings (SSSR count). The quantitative estimate of drug-likeness (QED) is 0.688. The predicted octanol–water partition coefficient (Wildman–Crippen LogP) is 3.16. The minimum Gasteiger partial charge on any atom is -0.303 e. The molecule has 2 aliphatic rings. The molecule has 1 saturated carbocycles. The molecule has 0 aromatic rings. The van der Waals surface area contributed by atoms with Crippen LogP contribution in [0.1, 0.15) is 46.5 Å². The van der Waals surface area contributed by atoms with Crippen LogP contribution in [0.2, 0.25) is 0 Å². The summed E-state index contributed by atoms with van der Waals surface area (Å²) in [6.07, 6.45) is 8.26. The molecule has 0 amide bonds. The standard InChI is InChI=1S/C15H22O2/c1-14(2)7-4-8-15(3)12(10-17)11(9-16)5-6-13(14)15/h5,9-10,12-13H,4,6-8H2,1-3H3/t12-,13+,15+/m0/s1. The maximum Gasteiger partial charge on any atom is 0.146 e. The summed E-state index contributed by atoms with van der Waals surface area (Å²) in [7, 11) is 0. The molecule has 0 bridgehead atoms.